The van der Waals surface area contributed by atoms with E-state index >= 15 is 0 Å². The van der Waals surface area contributed by atoms with Crippen LogP contribution in [0.25, 0.3) is 0 Å². The van der Waals surface area contributed by atoms with Crippen molar-refractivity contribution in [3.63, 3.8) is 0 Å². The topological polar surface area (TPSA) is 112 Å². The third-order valence-electron chi connectivity index (χ3n) is 5.98. The van der Waals surface area contributed by atoms with Gasteiger partial charge < -0.3 is 15.3 Å². The molecule has 2 atom stereocenters. The number of isocyanates is 1. The second-order valence-electron chi connectivity index (χ2n) is 9.39. The van der Waals surface area contributed by atoms with Gasteiger partial charge >= 0.3 is 12.0 Å². The minimum absolute atomic E-state index is 0.0334. The van der Waals surface area contributed by atoms with Gasteiger partial charge in [-0.05, 0) is 47.6 Å². The maximum atomic E-state index is 12.8. The van der Waals surface area contributed by atoms with Crippen LogP contribution in [0.5, 0.6) is 0 Å². The Labute approximate surface area is 170 Å². The Hall–Kier alpha value is -2.73. The molecule has 2 N–H and O–H groups in total. The van der Waals surface area contributed by atoms with Crippen LogP contribution in [0.1, 0.15) is 61.5 Å². The number of hydrogen-bond donors (Lipinski definition) is 2. The molecule has 0 spiro atoms. The van der Waals surface area contributed by atoms with Crippen molar-refractivity contribution >= 4 is 18.1 Å². The molecule has 2 unspecified atom stereocenters. The monoisotopic (exact) mass is 400 g/mol. The van der Waals surface area contributed by atoms with Crippen LogP contribution < -0.4 is 5.32 Å². The van der Waals surface area contributed by atoms with Gasteiger partial charge in [-0.2, -0.15) is 0 Å². The van der Waals surface area contributed by atoms with Gasteiger partial charge in [0.15, 0.2) is 0 Å². The number of pyridine rings is 1. The van der Waals surface area contributed by atoms with E-state index in [0.717, 1.165) is 30.4 Å². The van der Waals surface area contributed by atoms with E-state index in [-0.39, 0.29) is 28.5 Å². The standard InChI is InChI=1S/C21H28N4O4/c1-20(2)6-15(24-13-26)7-21(3,11-20)12-23-19(29)25-5-4-16-14(10-25)8-22-9-17(16)18(27)28/h8-9,15H,4-7,10-12H2,1-3H3,(H,23,29)(H,27,28). The van der Waals surface area contributed by atoms with E-state index in [1.165, 1.54) is 6.20 Å². The Morgan fingerprint density at radius 2 is 2.10 bits per heavy atom. The van der Waals surface area contributed by atoms with Crippen LogP contribution in [0.4, 0.5) is 4.79 Å². The Balaban J connectivity index is 1.64. The lowest BCUT2D eigenvalue weighted by atomic mass is 9.63. The Morgan fingerprint density at radius 3 is 2.79 bits per heavy atom. The van der Waals surface area contributed by atoms with E-state index in [2.05, 4.69) is 36.1 Å². The van der Waals surface area contributed by atoms with Crippen LogP contribution >= 0.6 is 0 Å². The summed E-state index contributed by atoms with van der Waals surface area (Å²) >= 11 is 0. The minimum atomic E-state index is -0.993. The summed E-state index contributed by atoms with van der Waals surface area (Å²) in [6, 6.07) is -0.239. The summed E-state index contributed by atoms with van der Waals surface area (Å²) in [4.78, 5) is 44.5. The largest absolute Gasteiger partial charge is 0.478 e. The van der Waals surface area contributed by atoms with Crippen LogP contribution in [0, 0.1) is 10.8 Å². The van der Waals surface area contributed by atoms with Crippen molar-refractivity contribution in [3.05, 3.63) is 29.1 Å². The average Bonchev–Trinajstić information content (AvgIpc) is 2.63. The van der Waals surface area contributed by atoms with Crippen molar-refractivity contribution in [2.24, 2.45) is 15.8 Å². The van der Waals surface area contributed by atoms with Gasteiger partial charge in [0.05, 0.1) is 11.6 Å². The zero-order valence-electron chi connectivity index (χ0n) is 17.2. The maximum absolute atomic E-state index is 12.8. The molecule has 2 heterocycles. The SMILES string of the molecule is CC1(C)CC(N=C=O)CC(C)(CNC(=O)N2CCc3c(cncc3C(=O)O)C2)C1. The summed E-state index contributed by atoms with van der Waals surface area (Å²) in [6.07, 6.45) is 7.68. The third kappa shape index (κ3) is 4.82. The van der Waals surface area contributed by atoms with Crippen molar-refractivity contribution in [3.8, 4) is 0 Å². The van der Waals surface area contributed by atoms with E-state index in [1.807, 2.05) is 0 Å². The number of rotatable bonds is 4. The molecule has 8 nitrogen and oxygen atoms in total. The Kier molecular flexibility index (Phi) is 5.75. The molecule has 0 saturated heterocycles. The zero-order valence-corrected chi connectivity index (χ0v) is 17.2. The molecular weight excluding hydrogens is 372 g/mol. The molecule has 1 aromatic heterocycles. The number of aromatic carboxylic acids is 1. The van der Waals surface area contributed by atoms with E-state index in [1.54, 1.807) is 17.2 Å². The van der Waals surface area contributed by atoms with Crippen LogP contribution in [0.2, 0.25) is 0 Å². The van der Waals surface area contributed by atoms with Crippen molar-refractivity contribution in [1.29, 1.82) is 0 Å². The third-order valence-corrected chi connectivity index (χ3v) is 5.98. The molecule has 1 fully saturated rings. The highest BCUT2D eigenvalue weighted by atomic mass is 16.4. The molecule has 3 rings (SSSR count). The highest BCUT2D eigenvalue weighted by Crippen LogP contribution is 2.46. The number of carbonyl (C=O) groups excluding carboxylic acids is 2. The molecule has 1 aliphatic carbocycles. The lowest BCUT2D eigenvalue weighted by Gasteiger charge is -2.45. The lowest BCUT2D eigenvalue weighted by molar-refractivity contribution is 0.0693. The molecule has 29 heavy (non-hydrogen) atoms. The number of carboxylic acids is 1. The van der Waals surface area contributed by atoms with Gasteiger partial charge in [-0.25, -0.2) is 19.4 Å². The molecule has 8 heteroatoms. The van der Waals surface area contributed by atoms with Crippen LogP contribution in [-0.4, -0.2) is 52.2 Å². The number of aromatic nitrogens is 1. The average molecular weight is 400 g/mol. The van der Waals surface area contributed by atoms with Crippen molar-refractivity contribution < 1.29 is 19.5 Å². The normalized spacial score (nSPS) is 25.5. The van der Waals surface area contributed by atoms with Crippen molar-refractivity contribution in [2.75, 3.05) is 13.1 Å². The van der Waals surface area contributed by atoms with Gasteiger partial charge in [-0.1, -0.05) is 20.8 Å². The van der Waals surface area contributed by atoms with Crippen molar-refractivity contribution in [1.82, 2.24) is 15.2 Å². The summed E-state index contributed by atoms with van der Waals surface area (Å²) < 4.78 is 0. The number of hydrogen-bond acceptors (Lipinski definition) is 5. The van der Waals surface area contributed by atoms with E-state index < -0.39 is 5.97 Å². The fourth-order valence-electron chi connectivity index (χ4n) is 5.13. The molecule has 0 aromatic carbocycles. The number of nitrogens with zero attached hydrogens (tertiary/aromatic N) is 3. The maximum Gasteiger partial charge on any atom is 0.337 e. The smallest absolute Gasteiger partial charge is 0.337 e. The van der Waals surface area contributed by atoms with E-state index in [0.29, 0.717) is 26.1 Å². The number of carboxylic acid groups (broad SMARTS) is 1. The number of urea groups is 1. The van der Waals surface area contributed by atoms with Crippen LogP contribution in [-0.2, 0) is 17.8 Å². The van der Waals surface area contributed by atoms with Gasteiger partial charge in [0.1, 0.15) is 0 Å². The molecule has 0 bridgehead atoms. The molecule has 156 valence electrons. The summed E-state index contributed by atoms with van der Waals surface area (Å²) in [5.74, 6) is -0.993. The highest BCUT2D eigenvalue weighted by molar-refractivity contribution is 5.89. The predicted octanol–water partition coefficient (Wildman–Crippen LogP) is 2.77. The van der Waals surface area contributed by atoms with E-state index in [9.17, 15) is 19.5 Å². The number of nitrogens with one attached hydrogen (secondary N) is 1. The number of amides is 2. The fraction of sp³-hybridized carbons (Fsp3) is 0.619. The summed E-state index contributed by atoms with van der Waals surface area (Å²) in [6.45, 7) is 7.74. The highest BCUT2D eigenvalue weighted by Gasteiger charge is 2.41. The lowest BCUT2D eigenvalue weighted by Crippen LogP contribution is -2.49. The molecule has 1 aromatic rings. The minimum Gasteiger partial charge on any atom is -0.478 e. The van der Waals surface area contributed by atoms with Gasteiger partial charge in [0.25, 0.3) is 0 Å². The van der Waals surface area contributed by atoms with Crippen LogP contribution in [0.3, 0.4) is 0 Å². The first-order valence-electron chi connectivity index (χ1n) is 9.91. The van der Waals surface area contributed by atoms with E-state index in [4.69, 9.17) is 0 Å². The fourth-order valence-corrected chi connectivity index (χ4v) is 5.13. The molecule has 2 amide bonds. The second kappa shape index (κ2) is 7.95. The Morgan fingerprint density at radius 1 is 1.34 bits per heavy atom. The van der Waals surface area contributed by atoms with Gasteiger partial charge in [-0.15, -0.1) is 0 Å². The quantitative estimate of drug-likeness (QED) is 0.596. The molecule has 0 radical (unpaired) electrons. The summed E-state index contributed by atoms with van der Waals surface area (Å²) in [5.41, 5.74) is 1.62. The van der Waals surface area contributed by atoms with Gasteiger partial charge in [0.2, 0.25) is 6.08 Å². The first kappa shape index (κ1) is 21.0. The molecular formula is C21H28N4O4. The summed E-state index contributed by atoms with van der Waals surface area (Å²) in [7, 11) is 0. The molecule has 2 aliphatic rings. The first-order chi connectivity index (χ1) is 13.6. The zero-order chi connectivity index (χ0) is 21.2. The molecule has 1 aliphatic heterocycles. The van der Waals surface area contributed by atoms with Crippen molar-refractivity contribution in [2.45, 2.75) is 59.0 Å². The van der Waals surface area contributed by atoms with Gasteiger partial charge in [-0.3, -0.25) is 4.98 Å². The second-order valence-corrected chi connectivity index (χ2v) is 9.39. The van der Waals surface area contributed by atoms with Crippen LogP contribution in [0.15, 0.2) is 17.4 Å². The molecule has 1 saturated carbocycles. The predicted molar refractivity (Wildman–Crippen MR) is 106 cm³/mol. The number of carbonyl (C=O) groups is 2. The van der Waals surface area contributed by atoms with Gasteiger partial charge in [0, 0.05) is 32.0 Å². The number of aliphatic imine (C=N–C) groups is 1. The number of fused-ring (bicyclic) bond motifs is 1. The summed E-state index contributed by atoms with van der Waals surface area (Å²) in [5, 5.41) is 12.4. The Bertz CT molecular complexity index is 862. The first-order valence-corrected chi connectivity index (χ1v) is 9.91.